The lowest BCUT2D eigenvalue weighted by atomic mass is 10.1. The molecule has 2 amide bonds. The van der Waals surface area contributed by atoms with Gasteiger partial charge >= 0.3 is 12.0 Å². The second-order valence-electron chi connectivity index (χ2n) is 6.58. The molecule has 156 valence electrons. The van der Waals surface area contributed by atoms with E-state index in [1.54, 1.807) is 13.8 Å². The van der Waals surface area contributed by atoms with Crippen molar-refractivity contribution in [2.45, 2.75) is 27.7 Å². The Labute approximate surface area is 171 Å². The van der Waals surface area contributed by atoms with Gasteiger partial charge in [0.25, 0.3) is 0 Å². The van der Waals surface area contributed by atoms with Crippen molar-refractivity contribution in [3.8, 4) is 5.88 Å². The monoisotopic (exact) mass is 400 g/mol. The van der Waals surface area contributed by atoms with Crippen molar-refractivity contribution in [1.29, 1.82) is 0 Å². The van der Waals surface area contributed by atoms with Crippen LogP contribution in [0.4, 0.5) is 16.2 Å². The molecule has 0 spiro atoms. The van der Waals surface area contributed by atoms with E-state index in [0.29, 0.717) is 24.5 Å². The van der Waals surface area contributed by atoms with Crippen molar-refractivity contribution < 1.29 is 19.1 Å². The Morgan fingerprint density at radius 2 is 1.72 bits per heavy atom. The van der Waals surface area contributed by atoms with Crippen molar-refractivity contribution in [3.05, 3.63) is 46.6 Å². The zero-order chi connectivity index (χ0) is 21.4. The quantitative estimate of drug-likeness (QED) is 0.464. The molecule has 0 aliphatic rings. The average molecular weight is 400 g/mol. The molecular weight excluding hydrogens is 372 g/mol. The van der Waals surface area contributed by atoms with E-state index in [9.17, 15) is 9.59 Å². The topological polar surface area (TPSA) is 102 Å². The maximum absolute atomic E-state index is 12.2. The second kappa shape index (κ2) is 10.3. The molecule has 1 aromatic heterocycles. The SMILES string of the molecule is CCOC(=O)c1cc(NC(=O)NCCNc2cc(C)cc(C)c2)c(OC)nc1C. The van der Waals surface area contributed by atoms with Gasteiger partial charge < -0.3 is 25.4 Å². The Bertz CT molecular complexity index is 863. The third kappa shape index (κ3) is 6.38. The molecule has 2 rings (SSSR count). The van der Waals surface area contributed by atoms with Crippen LogP contribution in [0.1, 0.15) is 34.1 Å². The van der Waals surface area contributed by atoms with Crippen LogP contribution in [0, 0.1) is 20.8 Å². The fourth-order valence-corrected chi connectivity index (χ4v) is 2.87. The summed E-state index contributed by atoms with van der Waals surface area (Å²) in [5.74, 6) is -0.277. The van der Waals surface area contributed by atoms with E-state index in [4.69, 9.17) is 9.47 Å². The summed E-state index contributed by atoms with van der Waals surface area (Å²) in [5, 5.41) is 8.70. The number of carbonyl (C=O) groups excluding carboxylic acids is 2. The van der Waals surface area contributed by atoms with Crippen LogP contribution in [0.25, 0.3) is 0 Å². The minimum atomic E-state index is -0.499. The summed E-state index contributed by atoms with van der Waals surface area (Å²) in [5.41, 5.74) is 4.39. The summed E-state index contributed by atoms with van der Waals surface area (Å²) in [6, 6.07) is 7.28. The number of aromatic nitrogens is 1. The van der Waals surface area contributed by atoms with Crippen molar-refractivity contribution in [2.24, 2.45) is 0 Å². The number of carbonyl (C=O) groups is 2. The number of aryl methyl sites for hydroxylation is 3. The molecule has 3 N–H and O–H groups in total. The number of methoxy groups -OCH3 is 1. The molecule has 1 heterocycles. The lowest BCUT2D eigenvalue weighted by Crippen LogP contribution is -2.33. The van der Waals surface area contributed by atoms with Crippen molar-refractivity contribution >= 4 is 23.4 Å². The van der Waals surface area contributed by atoms with E-state index in [-0.39, 0.29) is 18.1 Å². The summed E-state index contributed by atoms with van der Waals surface area (Å²) in [6.45, 7) is 8.70. The summed E-state index contributed by atoms with van der Waals surface area (Å²) < 4.78 is 10.2. The number of anilines is 2. The molecule has 0 saturated heterocycles. The van der Waals surface area contributed by atoms with Crippen LogP contribution in [0.2, 0.25) is 0 Å². The molecule has 29 heavy (non-hydrogen) atoms. The van der Waals surface area contributed by atoms with Gasteiger partial charge in [0, 0.05) is 18.8 Å². The van der Waals surface area contributed by atoms with E-state index >= 15 is 0 Å². The molecule has 1 aromatic carbocycles. The van der Waals surface area contributed by atoms with Crippen molar-refractivity contribution in [2.75, 3.05) is 37.4 Å². The molecule has 2 aromatic rings. The Hall–Kier alpha value is -3.29. The Morgan fingerprint density at radius 3 is 2.34 bits per heavy atom. The van der Waals surface area contributed by atoms with Crippen LogP contribution in [-0.4, -0.2) is 43.8 Å². The summed E-state index contributed by atoms with van der Waals surface area (Å²) >= 11 is 0. The lowest BCUT2D eigenvalue weighted by molar-refractivity contribution is 0.0525. The fourth-order valence-electron chi connectivity index (χ4n) is 2.87. The molecule has 0 bridgehead atoms. The van der Waals surface area contributed by atoms with Crippen molar-refractivity contribution in [3.63, 3.8) is 0 Å². The second-order valence-corrected chi connectivity index (χ2v) is 6.58. The molecular formula is C21H28N4O4. The van der Waals surface area contributed by atoms with E-state index in [1.807, 2.05) is 26.0 Å². The number of nitrogens with one attached hydrogen (secondary N) is 3. The average Bonchev–Trinajstić information content (AvgIpc) is 2.65. The number of esters is 1. The first-order chi connectivity index (χ1) is 13.8. The molecule has 8 nitrogen and oxygen atoms in total. The zero-order valence-electron chi connectivity index (χ0n) is 17.5. The number of rotatable bonds is 8. The van der Waals surface area contributed by atoms with Gasteiger partial charge in [0.1, 0.15) is 5.69 Å². The summed E-state index contributed by atoms with van der Waals surface area (Å²) in [4.78, 5) is 28.5. The Kier molecular flexibility index (Phi) is 7.82. The standard InChI is InChI=1S/C21H28N4O4/c1-6-29-20(26)17-12-18(19(28-5)24-15(17)4)25-21(27)23-8-7-22-16-10-13(2)9-14(3)11-16/h9-12,22H,6-8H2,1-5H3,(H2,23,25,27). The van der Waals surface area contributed by atoms with E-state index < -0.39 is 12.0 Å². The molecule has 0 aliphatic carbocycles. The molecule has 0 atom stereocenters. The van der Waals surface area contributed by atoms with Gasteiger partial charge in [0.2, 0.25) is 5.88 Å². The van der Waals surface area contributed by atoms with E-state index in [1.165, 1.54) is 24.3 Å². The number of hydrogen-bond donors (Lipinski definition) is 3. The fraction of sp³-hybridized carbons (Fsp3) is 0.381. The highest BCUT2D eigenvalue weighted by Gasteiger charge is 2.17. The van der Waals surface area contributed by atoms with Gasteiger partial charge in [-0.15, -0.1) is 0 Å². The number of nitrogens with zero attached hydrogens (tertiary/aromatic N) is 1. The predicted molar refractivity (Wildman–Crippen MR) is 113 cm³/mol. The van der Waals surface area contributed by atoms with Gasteiger partial charge in [-0.05, 0) is 57.0 Å². The van der Waals surface area contributed by atoms with Crippen molar-refractivity contribution in [1.82, 2.24) is 10.3 Å². The smallest absolute Gasteiger partial charge is 0.340 e. The number of amides is 2. The minimum Gasteiger partial charge on any atom is -0.480 e. The highest BCUT2D eigenvalue weighted by molar-refractivity contribution is 5.95. The highest BCUT2D eigenvalue weighted by atomic mass is 16.5. The summed E-state index contributed by atoms with van der Waals surface area (Å²) in [6.07, 6.45) is 0. The van der Waals surface area contributed by atoms with Gasteiger partial charge in [-0.25, -0.2) is 14.6 Å². The van der Waals surface area contributed by atoms with Crippen LogP contribution in [0.3, 0.4) is 0 Å². The molecule has 0 aliphatic heterocycles. The Morgan fingerprint density at radius 1 is 1.03 bits per heavy atom. The Balaban J connectivity index is 1.95. The van der Waals surface area contributed by atoms with Crippen LogP contribution in [0.15, 0.2) is 24.3 Å². The predicted octanol–water partition coefficient (Wildman–Crippen LogP) is 3.43. The van der Waals surface area contributed by atoms with Gasteiger partial charge in [0.05, 0.1) is 25.0 Å². The van der Waals surface area contributed by atoms with Crippen LogP contribution in [0.5, 0.6) is 5.88 Å². The van der Waals surface area contributed by atoms with Gasteiger partial charge in [-0.2, -0.15) is 0 Å². The maximum atomic E-state index is 12.2. The van der Waals surface area contributed by atoms with Gasteiger partial charge in [-0.3, -0.25) is 0 Å². The number of ether oxygens (including phenoxy) is 2. The van der Waals surface area contributed by atoms with Crippen LogP contribution >= 0.6 is 0 Å². The first-order valence-electron chi connectivity index (χ1n) is 9.43. The first-order valence-corrected chi connectivity index (χ1v) is 9.43. The number of pyridine rings is 1. The van der Waals surface area contributed by atoms with Gasteiger partial charge in [-0.1, -0.05) is 6.07 Å². The molecule has 0 unspecified atom stereocenters. The molecule has 8 heteroatoms. The minimum absolute atomic E-state index is 0.221. The normalized spacial score (nSPS) is 10.2. The molecule has 0 saturated carbocycles. The van der Waals surface area contributed by atoms with Crippen LogP contribution < -0.4 is 20.7 Å². The third-order valence-corrected chi connectivity index (χ3v) is 4.08. The molecule has 0 fully saturated rings. The first kappa shape index (κ1) is 22.0. The highest BCUT2D eigenvalue weighted by Crippen LogP contribution is 2.25. The van der Waals surface area contributed by atoms with E-state index in [0.717, 1.165) is 5.69 Å². The summed E-state index contributed by atoms with van der Waals surface area (Å²) in [7, 11) is 1.45. The lowest BCUT2D eigenvalue weighted by Gasteiger charge is -2.14. The largest absolute Gasteiger partial charge is 0.480 e. The number of hydrogen-bond acceptors (Lipinski definition) is 6. The maximum Gasteiger partial charge on any atom is 0.340 e. The van der Waals surface area contributed by atoms with Crippen LogP contribution in [-0.2, 0) is 4.74 Å². The van der Waals surface area contributed by atoms with E-state index in [2.05, 4.69) is 27.0 Å². The zero-order valence-corrected chi connectivity index (χ0v) is 17.5. The third-order valence-electron chi connectivity index (χ3n) is 4.08. The van der Waals surface area contributed by atoms with Gasteiger partial charge in [0.15, 0.2) is 0 Å². The molecule has 0 radical (unpaired) electrons. The number of benzene rings is 1. The number of urea groups is 1.